The van der Waals surface area contributed by atoms with Gasteiger partial charge in [-0.15, -0.1) is 0 Å². The fraction of sp³-hybridized carbons (Fsp3) is 0.600. The molecule has 0 radical (unpaired) electrons. The SMILES string of the molecule is CN(CCCNC(=O)N1CCCC1c1ccncc1)S(C)(=O)=O. The Morgan fingerprint density at radius 3 is 2.78 bits per heavy atom. The van der Waals surface area contributed by atoms with E-state index in [0.717, 1.165) is 24.9 Å². The highest BCUT2D eigenvalue weighted by Crippen LogP contribution is 2.31. The van der Waals surface area contributed by atoms with E-state index in [4.69, 9.17) is 0 Å². The number of urea groups is 1. The number of nitrogens with zero attached hydrogens (tertiary/aromatic N) is 3. The molecule has 1 aromatic rings. The van der Waals surface area contributed by atoms with Crippen LogP contribution in [0.1, 0.15) is 30.9 Å². The first-order valence-corrected chi connectivity index (χ1v) is 9.60. The third-order valence-corrected chi connectivity index (χ3v) is 5.41. The first kappa shape index (κ1) is 17.7. The van der Waals surface area contributed by atoms with Crippen LogP contribution in [0.5, 0.6) is 0 Å². The average Bonchev–Trinajstić information content (AvgIpc) is 3.00. The second-order valence-corrected chi connectivity index (χ2v) is 7.89. The molecule has 2 heterocycles. The van der Waals surface area contributed by atoms with Crippen molar-refractivity contribution >= 4 is 16.1 Å². The predicted molar refractivity (Wildman–Crippen MR) is 88.4 cm³/mol. The summed E-state index contributed by atoms with van der Waals surface area (Å²) in [4.78, 5) is 18.2. The maximum absolute atomic E-state index is 12.3. The number of rotatable bonds is 6. The highest BCUT2D eigenvalue weighted by Gasteiger charge is 2.29. The van der Waals surface area contributed by atoms with Crippen LogP contribution in [0.2, 0.25) is 0 Å². The molecule has 1 unspecified atom stereocenters. The highest BCUT2D eigenvalue weighted by molar-refractivity contribution is 7.88. The van der Waals surface area contributed by atoms with Crippen molar-refractivity contribution in [2.45, 2.75) is 25.3 Å². The fourth-order valence-electron chi connectivity index (χ4n) is 2.71. The van der Waals surface area contributed by atoms with E-state index in [1.165, 1.54) is 17.6 Å². The van der Waals surface area contributed by atoms with E-state index < -0.39 is 10.0 Å². The monoisotopic (exact) mass is 340 g/mol. The Morgan fingerprint density at radius 1 is 1.43 bits per heavy atom. The van der Waals surface area contributed by atoms with Gasteiger partial charge in [-0.25, -0.2) is 17.5 Å². The first-order valence-electron chi connectivity index (χ1n) is 7.75. The zero-order chi connectivity index (χ0) is 16.9. The Labute approximate surface area is 137 Å². The summed E-state index contributed by atoms with van der Waals surface area (Å²) in [6, 6.07) is 3.89. The van der Waals surface area contributed by atoms with Gasteiger partial charge in [-0.2, -0.15) is 0 Å². The highest BCUT2D eigenvalue weighted by atomic mass is 32.2. The number of aromatic nitrogens is 1. The molecule has 1 atom stereocenters. The molecule has 1 aliphatic rings. The van der Waals surface area contributed by atoms with Crippen molar-refractivity contribution in [2.75, 3.05) is 32.9 Å². The molecule has 0 bridgehead atoms. The van der Waals surface area contributed by atoms with Crippen molar-refractivity contribution in [3.05, 3.63) is 30.1 Å². The lowest BCUT2D eigenvalue weighted by Crippen LogP contribution is -2.40. The number of amides is 2. The van der Waals surface area contributed by atoms with E-state index in [0.29, 0.717) is 19.5 Å². The van der Waals surface area contributed by atoms with Gasteiger partial charge < -0.3 is 10.2 Å². The van der Waals surface area contributed by atoms with E-state index in [9.17, 15) is 13.2 Å². The maximum atomic E-state index is 12.3. The summed E-state index contributed by atoms with van der Waals surface area (Å²) >= 11 is 0. The lowest BCUT2D eigenvalue weighted by Gasteiger charge is -2.25. The van der Waals surface area contributed by atoms with Crippen molar-refractivity contribution in [1.82, 2.24) is 19.5 Å². The minimum Gasteiger partial charge on any atom is -0.338 e. The van der Waals surface area contributed by atoms with Crippen LogP contribution in [0.25, 0.3) is 0 Å². The van der Waals surface area contributed by atoms with Crippen LogP contribution in [0, 0.1) is 0 Å². The molecule has 1 aliphatic heterocycles. The number of hydrogen-bond acceptors (Lipinski definition) is 4. The number of nitrogens with one attached hydrogen (secondary N) is 1. The molecule has 1 aromatic heterocycles. The van der Waals surface area contributed by atoms with Crippen molar-refractivity contribution in [2.24, 2.45) is 0 Å². The lowest BCUT2D eigenvalue weighted by atomic mass is 10.1. The molecule has 0 spiro atoms. The van der Waals surface area contributed by atoms with Gasteiger partial charge in [0, 0.05) is 39.1 Å². The summed E-state index contributed by atoms with van der Waals surface area (Å²) in [6.45, 7) is 1.59. The van der Waals surface area contributed by atoms with Crippen LogP contribution in [-0.2, 0) is 10.0 Å². The Kier molecular flexibility index (Phi) is 5.95. The van der Waals surface area contributed by atoms with Crippen LogP contribution >= 0.6 is 0 Å². The molecule has 0 saturated carbocycles. The topological polar surface area (TPSA) is 82.6 Å². The normalized spacial score (nSPS) is 18.4. The molecule has 23 heavy (non-hydrogen) atoms. The number of carbonyl (C=O) groups excluding carboxylic acids is 1. The molecule has 1 saturated heterocycles. The Balaban J connectivity index is 1.81. The molecule has 2 amide bonds. The van der Waals surface area contributed by atoms with E-state index >= 15 is 0 Å². The van der Waals surface area contributed by atoms with E-state index in [2.05, 4.69) is 10.3 Å². The summed E-state index contributed by atoms with van der Waals surface area (Å²) < 4.78 is 23.9. The van der Waals surface area contributed by atoms with Gasteiger partial charge in [0.05, 0.1) is 12.3 Å². The molecular formula is C15H24N4O3S. The standard InChI is InChI=1S/C15H24N4O3S/c1-18(23(2,21)22)11-4-8-17-15(20)19-12-3-5-14(19)13-6-9-16-10-7-13/h6-7,9-10,14H,3-5,8,11-12H2,1-2H3,(H,17,20). The van der Waals surface area contributed by atoms with Crippen molar-refractivity contribution in [1.29, 1.82) is 0 Å². The zero-order valence-electron chi connectivity index (χ0n) is 13.6. The van der Waals surface area contributed by atoms with Gasteiger partial charge >= 0.3 is 6.03 Å². The minimum atomic E-state index is -3.16. The number of likely N-dealkylation sites (tertiary alicyclic amines) is 1. The predicted octanol–water partition coefficient (Wildman–Crippen LogP) is 1.21. The Bertz CT molecular complexity index is 621. The van der Waals surface area contributed by atoms with E-state index in [1.54, 1.807) is 12.4 Å². The molecule has 0 aliphatic carbocycles. The zero-order valence-corrected chi connectivity index (χ0v) is 14.4. The number of pyridine rings is 1. The third kappa shape index (κ3) is 4.90. The Morgan fingerprint density at radius 2 is 2.13 bits per heavy atom. The third-order valence-electron chi connectivity index (χ3n) is 4.10. The average molecular weight is 340 g/mol. The summed E-state index contributed by atoms with van der Waals surface area (Å²) in [7, 11) is -1.62. The molecular weight excluding hydrogens is 316 g/mol. The van der Waals surface area contributed by atoms with Crippen LogP contribution in [0.15, 0.2) is 24.5 Å². The van der Waals surface area contributed by atoms with Crippen molar-refractivity contribution in [3.8, 4) is 0 Å². The molecule has 7 nitrogen and oxygen atoms in total. The maximum Gasteiger partial charge on any atom is 0.317 e. The summed E-state index contributed by atoms with van der Waals surface area (Å²) in [5, 5.41) is 2.88. The number of sulfonamides is 1. The largest absolute Gasteiger partial charge is 0.338 e. The molecule has 2 rings (SSSR count). The van der Waals surface area contributed by atoms with E-state index in [1.807, 2.05) is 17.0 Å². The van der Waals surface area contributed by atoms with Crippen LogP contribution in [-0.4, -0.2) is 61.6 Å². The molecule has 8 heteroatoms. The van der Waals surface area contributed by atoms with Crippen LogP contribution < -0.4 is 5.32 Å². The minimum absolute atomic E-state index is 0.0914. The Hall–Kier alpha value is -1.67. The summed E-state index contributed by atoms with van der Waals surface area (Å²) in [6.07, 6.45) is 7.18. The second-order valence-electron chi connectivity index (χ2n) is 5.80. The first-order chi connectivity index (χ1) is 10.9. The van der Waals surface area contributed by atoms with Crippen LogP contribution in [0.4, 0.5) is 4.79 Å². The van der Waals surface area contributed by atoms with Gasteiger partial charge in [-0.3, -0.25) is 4.98 Å². The molecule has 128 valence electrons. The quantitative estimate of drug-likeness (QED) is 0.789. The van der Waals surface area contributed by atoms with Gasteiger partial charge in [0.2, 0.25) is 10.0 Å². The smallest absolute Gasteiger partial charge is 0.317 e. The molecule has 0 aromatic carbocycles. The summed E-state index contributed by atoms with van der Waals surface area (Å²) in [5.41, 5.74) is 1.10. The molecule has 1 fully saturated rings. The van der Waals surface area contributed by atoms with Gasteiger partial charge in [0.1, 0.15) is 0 Å². The van der Waals surface area contributed by atoms with Gasteiger partial charge in [0.15, 0.2) is 0 Å². The molecule has 1 N–H and O–H groups in total. The van der Waals surface area contributed by atoms with Gasteiger partial charge in [-0.05, 0) is 37.0 Å². The second kappa shape index (κ2) is 7.74. The lowest BCUT2D eigenvalue weighted by molar-refractivity contribution is 0.192. The number of hydrogen-bond donors (Lipinski definition) is 1. The van der Waals surface area contributed by atoms with Crippen molar-refractivity contribution < 1.29 is 13.2 Å². The summed E-state index contributed by atoms with van der Waals surface area (Å²) in [5.74, 6) is 0. The fourth-order valence-corrected chi connectivity index (χ4v) is 3.17. The van der Waals surface area contributed by atoms with E-state index in [-0.39, 0.29) is 12.1 Å². The van der Waals surface area contributed by atoms with Crippen molar-refractivity contribution in [3.63, 3.8) is 0 Å². The van der Waals surface area contributed by atoms with Gasteiger partial charge in [-0.1, -0.05) is 0 Å². The van der Waals surface area contributed by atoms with Gasteiger partial charge in [0.25, 0.3) is 0 Å². The number of carbonyl (C=O) groups is 1. The van der Waals surface area contributed by atoms with Crippen LogP contribution in [0.3, 0.4) is 0 Å².